The van der Waals surface area contributed by atoms with Crippen LogP contribution in [-0.2, 0) is 9.59 Å². The quantitative estimate of drug-likeness (QED) is 0.741. The van der Waals surface area contributed by atoms with Gasteiger partial charge in [0.1, 0.15) is 17.9 Å². The number of carbonyl (C=O) groups is 3. The van der Waals surface area contributed by atoms with Crippen LogP contribution in [0.15, 0.2) is 48.5 Å². The van der Waals surface area contributed by atoms with Gasteiger partial charge >= 0.3 is 0 Å². The number of amides is 2. The molecular weight excluding hydrogens is 327 g/mol. The molecule has 0 aromatic heterocycles. The molecule has 2 N–H and O–H groups in total. The van der Waals surface area contributed by atoms with E-state index in [1.54, 1.807) is 24.3 Å². The number of benzene rings is 2. The smallest absolute Gasteiger partial charge is 0.264 e. The molecular formula is C18H17FN2O4. The SMILES string of the molecule is NC(=O)CCN(C(=O)COc1ccc(C=O)cc1)c1ccc(F)cc1. The Kier molecular flexibility index (Phi) is 6.22. The molecule has 7 heteroatoms. The number of carbonyl (C=O) groups excluding carboxylic acids is 3. The van der Waals surface area contributed by atoms with Gasteiger partial charge in [-0.15, -0.1) is 0 Å². The average Bonchev–Trinajstić information content (AvgIpc) is 2.61. The Hall–Kier alpha value is -3.22. The number of nitrogens with two attached hydrogens (primary N) is 1. The van der Waals surface area contributed by atoms with Crippen LogP contribution < -0.4 is 15.4 Å². The van der Waals surface area contributed by atoms with E-state index in [0.29, 0.717) is 23.3 Å². The Morgan fingerprint density at radius 1 is 1.08 bits per heavy atom. The second-order valence-corrected chi connectivity index (χ2v) is 5.21. The van der Waals surface area contributed by atoms with E-state index in [0.717, 1.165) is 0 Å². The van der Waals surface area contributed by atoms with E-state index >= 15 is 0 Å². The lowest BCUT2D eigenvalue weighted by molar-refractivity contribution is -0.120. The van der Waals surface area contributed by atoms with Crippen molar-refractivity contribution in [2.75, 3.05) is 18.1 Å². The summed E-state index contributed by atoms with van der Waals surface area (Å²) in [4.78, 5) is 35.4. The van der Waals surface area contributed by atoms with E-state index in [4.69, 9.17) is 10.5 Å². The number of rotatable bonds is 8. The first-order valence-corrected chi connectivity index (χ1v) is 7.52. The van der Waals surface area contributed by atoms with Crippen molar-refractivity contribution in [3.63, 3.8) is 0 Å². The lowest BCUT2D eigenvalue weighted by Gasteiger charge is -2.22. The van der Waals surface area contributed by atoms with Gasteiger partial charge in [-0.2, -0.15) is 0 Å². The lowest BCUT2D eigenvalue weighted by Crippen LogP contribution is -2.37. The molecule has 2 aromatic rings. The molecule has 0 fully saturated rings. The minimum absolute atomic E-state index is 0.0306. The molecule has 0 aliphatic carbocycles. The van der Waals surface area contributed by atoms with Crippen LogP contribution in [0.5, 0.6) is 5.75 Å². The Bertz CT molecular complexity index is 745. The van der Waals surface area contributed by atoms with E-state index in [1.807, 2.05) is 0 Å². The zero-order valence-electron chi connectivity index (χ0n) is 13.4. The lowest BCUT2D eigenvalue weighted by atomic mass is 10.2. The second kappa shape index (κ2) is 8.58. The molecule has 0 aliphatic heterocycles. The van der Waals surface area contributed by atoms with Crippen LogP contribution in [0.1, 0.15) is 16.8 Å². The number of hydrogen-bond donors (Lipinski definition) is 1. The van der Waals surface area contributed by atoms with Crippen LogP contribution in [0.3, 0.4) is 0 Å². The van der Waals surface area contributed by atoms with E-state index in [9.17, 15) is 18.8 Å². The van der Waals surface area contributed by atoms with Crippen LogP contribution in [0.4, 0.5) is 10.1 Å². The maximum Gasteiger partial charge on any atom is 0.264 e. The van der Waals surface area contributed by atoms with Crippen molar-refractivity contribution in [1.29, 1.82) is 0 Å². The fourth-order valence-corrected chi connectivity index (χ4v) is 2.11. The molecule has 0 bridgehead atoms. The van der Waals surface area contributed by atoms with Crippen LogP contribution in [0, 0.1) is 5.82 Å². The zero-order chi connectivity index (χ0) is 18.2. The standard InChI is InChI=1S/C18H17FN2O4/c19-14-3-5-15(6-4-14)21(10-9-17(20)23)18(24)12-25-16-7-1-13(11-22)2-8-16/h1-8,11H,9-10,12H2,(H2,20,23). The number of primary amides is 1. The predicted molar refractivity (Wildman–Crippen MR) is 89.9 cm³/mol. The molecule has 6 nitrogen and oxygen atoms in total. The van der Waals surface area contributed by atoms with Crippen molar-refractivity contribution in [2.45, 2.75) is 6.42 Å². The van der Waals surface area contributed by atoms with Gasteiger partial charge in [0.05, 0.1) is 0 Å². The van der Waals surface area contributed by atoms with Crippen LogP contribution in [0.25, 0.3) is 0 Å². The highest BCUT2D eigenvalue weighted by atomic mass is 19.1. The van der Waals surface area contributed by atoms with Crippen molar-refractivity contribution in [2.24, 2.45) is 5.73 Å². The molecule has 0 atom stereocenters. The summed E-state index contributed by atoms with van der Waals surface area (Å²) in [6.45, 7) is -0.218. The first kappa shape index (κ1) is 18.1. The largest absolute Gasteiger partial charge is 0.484 e. The van der Waals surface area contributed by atoms with E-state index in [-0.39, 0.29) is 19.6 Å². The summed E-state index contributed by atoms with van der Waals surface area (Å²) >= 11 is 0. The summed E-state index contributed by atoms with van der Waals surface area (Å²) in [7, 11) is 0. The number of ether oxygens (including phenoxy) is 1. The third-order valence-corrected chi connectivity index (χ3v) is 3.40. The number of anilines is 1. The van der Waals surface area contributed by atoms with E-state index in [2.05, 4.69) is 0 Å². The molecule has 0 aliphatic rings. The van der Waals surface area contributed by atoms with Gasteiger partial charge in [-0.05, 0) is 48.5 Å². The minimum atomic E-state index is -0.551. The number of aldehydes is 1. The van der Waals surface area contributed by atoms with Gasteiger partial charge in [-0.25, -0.2) is 4.39 Å². The minimum Gasteiger partial charge on any atom is -0.484 e. The Labute approximate surface area is 144 Å². The highest BCUT2D eigenvalue weighted by Gasteiger charge is 2.17. The summed E-state index contributed by atoms with van der Waals surface area (Å²) < 4.78 is 18.5. The van der Waals surface area contributed by atoms with Gasteiger partial charge in [-0.3, -0.25) is 14.4 Å². The van der Waals surface area contributed by atoms with Crippen molar-refractivity contribution in [3.05, 3.63) is 59.9 Å². The van der Waals surface area contributed by atoms with Crippen molar-refractivity contribution in [3.8, 4) is 5.75 Å². The molecule has 0 unspecified atom stereocenters. The highest BCUT2D eigenvalue weighted by molar-refractivity contribution is 5.95. The number of nitrogens with zero attached hydrogens (tertiary/aromatic N) is 1. The summed E-state index contributed by atoms with van der Waals surface area (Å²) in [6.07, 6.45) is 0.673. The van der Waals surface area contributed by atoms with Crippen LogP contribution in [0.2, 0.25) is 0 Å². The van der Waals surface area contributed by atoms with E-state index < -0.39 is 17.6 Å². The molecule has 0 spiro atoms. The normalized spacial score (nSPS) is 10.1. The number of halogens is 1. The summed E-state index contributed by atoms with van der Waals surface area (Å²) in [5.74, 6) is -0.969. The molecule has 0 saturated carbocycles. The van der Waals surface area contributed by atoms with Gasteiger partial charge in [0.25, 0.3) is 5.91 Å². The third kappa shape index (κ3) is 5.42. The maximum absolute atomic E-state index is 13.1. The highest BCUT2D eigenvalue weighted by Crippen LogP contribution is 2.17. The van der Waals surface area contributed by atoms with Gasteiger partial charge in [0.15, 0.2) is 6.61 Å². The van der Waals surface area contributed by atoms with Crippen molar-refractivity contribution < 1.29 is 23.5 Å². The molecule has 2 aromatic carbocycles. The van der Waals surface area contributed by atoms with Crippen LogP contribution in [-0.4, -0.2) is 31.3 Å². The topological polar surface area (TPSA) is 89.7 Å². The van der Waals surface area contributed by atoms with Gasteiger partial charge < -0.3 is 15.4 Å². The molecule has 130 valence electrons. The third-order valence-electron chi connectivity index (χ3n) is 3.40. The molecule has 2 rings (SSSR count). The Morgan fingerprint density at radius 3 is 2.28 bits per heavy atom. The molecule has 2 amide bonds. The average molecular weight is 344 g/mol. The summed E-state index contributed by atoms with van der Waals surface area (Å²) in [5.41, 5.74) is 6.07. The maximum atomic E-state index is 13.1. The van der Waals surface area contributed by atoms with Crippen molar-refractivity contribution in [1.82, 2.24) is 0 Å². The second-order valence-electron chi connectivity index (χ2n) is 5.21. The van der Waals surface area contributed by atoms with Crippen LogP contribution >= 0.6 is 0 Å². The fourth-order valence-electron chi connectivity index (χ4n) is 2.11. The Balaban J connectivity index is 2.06. The van der Waals surface area contributed by atoms with E-state index in [1.165, 1.54) is 29.2 Å². The summed E-state index contributed by atoms with van der Waals surface area (Å²) in [6, 6.07) is 11.6. The molecule has 0 saturated heterocycles. The Morgan fingerprint density at radius 2 is 1.72 bits per heavy atom. The molecule has 0 heterocycles. The monoisotopic (exact) mass is 344 g/mol. The predicted octanol–water partition coefficient (Wildman–Crippen LogP) is 1.93. The fraction of sp³-hybridized carbons (Fsp3) is 0.167. The van der Waals surface area contributed by atoms with Gasteiger partial charge in [0, 0.05) is 24.2 Å². The molecule has 0 radical (unpaired) electrons. The van der Waals surface area contributed by atoms with Gasteiger partial charge in [0.2, 0.25) is 5.91 Å². The number of hydrogen-bond acceptors (Lipinski definition) is 4. The zero-order valence-corrected chi connectivity index (χ0v) is 13.4. The molecule has 25 heavy (non-hydrogen) atoms. The summed E-state index contributed by atoms with van der Waals surface area (Å²) in [5, 5.41) is 0. The van der Waals surface area contributed by atoms with Gasteiger partial charge in [-0.1, -0.05) is 0 Å². The first-order chi connectivity index (χ1) is 12.0. The van der Waals surface area contributed by atoms with Crippen molar-refractivity contribution >= 4 is 23.8 Å². The first-order valence-electron chi connectivity index (χ1n) is 7.52.